The molecule has 1 aromatic heterocycles. The van der Waals surface area contributed by atoms with Crippen molar-refractivity contribution in [1.82, 2.24) is 4.98 Å². The second kappa shape index (κ2) is 4.70. The van der Waals surface area contributed by atoms with Crippen LogP contribution in [0.5, 0.6) is 0 Å². The Balaban J connectivity index is 1.75. The molecular weight excluding hydrogens is 244 g/mol. The molecule has 6 nitrogen and oxygen atoms in total. The third kappa shape index (κ3) is 2.49. The van der Waals surface area contributed by atoms with Gasteiger partial charge in [0.1, 0.15) is 5.82 Å². The van der Waals surface area contributed by atoms with Crippen LogP contribution >= 0.6 is 0 Å². The van der Waals surface area contributed by atoms with E-state index in [1.807, 2.05) is 0 Å². The van der Waals surface area contributed by atoms with Gasteiger partial charge in [0.2, 0.25) is 0 Å². The summed E-state index contributed by atoms with van der Waals surface area (Å²) in [7, 11) is 0. The van der Waals surface area contributed by atoms with Crippen LogP contribution in [0, 0.1) is 5.92 Å². The standard InChI is InChI=1S/C13H18N4O2/c14-9-6-16-11(5-8(9)13(15)18)17-10-3-4-19-12(10)7-1-2-7/h5-7,10,12H,1-4,14H2,(H2,15,18)(H,16,17). The Bertz CT molecular complexity index is 501. The topological polar surface area (TPSA) is 103 Å². The molecule has 6 heteroatoms. The molecule has 1 aliphatic carbocycles. The zero-order valence-electron chi connectivity index (χ0n) is 10.6. The van der Waals surface area contributed by atoms with E-state index in [-0.39, 0.29) is 12.1 Å². The lowest BCUT2D eigenvalue weighted by atomic mass is 10.1. The molecule has 19 heavy (non-hydrogen) atoms. The lowest BCUT2D eigenvalue weighted by Crippen LogP contribution is -2.31. The number of rotatable bonds is 4. The van der Waals surface area contributed by atoms with Gasteiger partial charge in [0.15, 0.2) is 0 Å². The molecule has 1 saturated carbocycles. The average molecular weight is 262 g/mol. The minimum atomic E-state index is -0.538. The molecule has 2 heterocycles. The van der Waals surface area contributed by atoms with Gasteiger partial charge < -0.3 is 21.5 Å². The zero-order valence-corrected chi connectivity index (χ0v) is 10.6. The second-order valence-electron chi connectivity index (χ2n) is 5.23. The highest BCUT2D eigenvalue weighted by molar-refractivity contribution is 5.98. The van der Waals surface area contributed by atoms with Crippen LogP contribution in [0.3, 0.4) is 0 Å². The van der Waals surface area contributed by atoms with Gasteiger partial charge in [0.05, 0.1) is 29.6 Å². The first kappa shape index (κ1) is 12.2. The average Bonchev–Trinajstić information content (AvgIpc) is 3.12. The van der Waals surface area contributed by atoms with Gasteiger partial charge in [-0.2, -0.15) is 0 Å². The van der Waals surface area contributed by atoms with E-state index in [1.165, 1.54) is 19.0 Å². The summed E-state index contributed by atoms with van der Waals surface area (Å²) in [6, 6.07) is 1.87. The minimum Gasteiger partial charge on any atom is -0.397 e. The number of nitrogen functional groups attached to an aromatic ring is 1. The summed E-state index contributed by atoms with van der Waals surface area (Å²) in [5.74, 6) is 0.762. The number of amides is 1. The lowest BCUT2D eigenvalue weighted by Gasteiger charge is -2.20. The maximum atomic E-state index is 11.3. The monoisotopic (exact) mass is 262 g/mol. The first-order valence-corrected chi connectivity index (χ1v) is 6.58. The molecule has 3 rings (SSSR count). The maximum absolute atomic E-state index is 11.3. The zero-order chi connectivity index (χ0) is 13.4. The molecular formula is C13H18N4O2. The van der Waals surface area contributed by atoms with Crippen LogP contribution in [0.25, 0.3) is 0 Å². The molecule has 1 aromatic rings. The van der Waals surface area contributed by atoms with Gasteiger partial charge in [0, 0.05) is 6.61 Å². The molecule has 0 aromatic carbocycles. The van der Waals surface area contributed by atoms with Crippen molar-refractivity contribution < 1.29 is 9.53 Å². The number of ether oxygens (including phenoxy) is 1. The summed E-state index contributed by atoms with van der Waals surface area (Å²) in [6.45, 7) is 0.774. The number of aromatic nitrogens is 1. The highest BCUT2D eigenvalue weighted by Gasteiger charge is 2.40. The van der Waals surface area contributed by atoms with E-state index in [0.717, 1.165) is 13.0 Å². The van der Waals surface area contributed by atoms with Crippen LogP contribution in [0.15, 0.2) is 12.3 Å². The van der Waals surface area contributed by atoms with E-state index in [1.54, 1.807) is 6.07 Å². The number of primary amides is 1. The molecule has 1 saturated heterocycles. The maximum Gasteiger partial charge on any atom is 0.250 e. The van der Waals surface area contributed by atoms with Gasteiger partial charge in [-0.25, -0.2) is 4.98 Å². The first-order valence-electron chi connectivity index (χ1n) is 6.58. The highest BCUT2D eigenvalue weighted by atomic mass is 16.5. The van der Waals surface area contributed by atoms with Crippen molar-refractivity contribution in [3.8, 4) is 0 Å². The molecule has 2 unspecified atom stereocenters. The van der Waals surface area contributed by atoms with Crippen molar-refractivity contribution in [3.63, 3.8) is 0 Å². The van der Waals surface area contributed by atoms with Crippen LogP contribution in [0.1, 0.15) is 29.6 Å². The molecule has 1 amide bonds. The van der Waals surface area contributed by atoms with Crippen LogP contribution in [-0.2, 0) is 4.74 Å². The number of anilines is 2. The molecule has 5 N–H and O–H groups in total. The Morgan fingerprint density at radius 1 is 1.42 bits per heavy atom. The Labute approximate surface area is 111 Å². The summed E-state index contributed by atoms with van der Waals surface area (Å²) < 4.78 is 5.76. The fourth-order valence-electron chi connectivity index (χ4n) is 2.60. The Kier molecular flexibility index (Phi) is 3.02. The highest BCUT2D eigenvalue weighted by Crippen LogP contribution is 2.39. The fraction of sp³-hybridized carbons (Fsp3) is 0.538. The predicted molar refractivity (Wildman–Crippen MR) is 71.7 cm³/mol. The quantitative estimate of drug-likeness (QED) is 0.742. The first-order chi connectivity index (χ1) is 9.15. The lowest BCUT2D eigenvalue weighted by molar-refractivity contribution is 0.0898. The van der Waals surface area contributed by atoms with Gasteiger partial charge >= 0.3 is 0 Å². The summed E-state index contributed by atoms with van der Waals surface area (Å²) in [4.78, 5) is 15.5. The van der Waals surface area contributed by atoms with Gasteiger partial charge in [-0.3, -0.25) is 4.79 Å². The number of carbonyl (C=O) groups is 1. The van der Waals surface area contributed by atoms with E-state index in [9.17, 15) is 4.79 Å². The van der Waals surface area contributed by atoms with Crippen molar-refractivity contribution in [2.75, 3.05) is 17.7 Å². The van der Waals surface area contributed by atoms with E-state index in [2.05, 4.69) is 10.3 Å². The van der Waals surface area contributed by atoms with E-state index in [0.29, 0.717) is 23.0 Å². The second-order valence-corrected chi connectivity index (χ2v) is 5.23. The molecule has 0 bridgehead atoms. The number of hydrogen-bond donors (Lipinski definition) is 3. The van der Waals surface area contributed by atoms with Crippen molar-refractivity contribution in [2.24, 2.45) is 11.7 Å². The number of nitrogens with zero attached hydrogens (tertiary/aromatic N) is 1. The van der Waals surface area contributed by atoms with Crippen molar-refractivity contribution in [1.29, 1.82) is 0 Å². The van der Waals surface area contributed by atoms with Gasteiger partial charge in [-0.05, 0) is 31.2 Å². The number of nitrogens with one attached hydrogen (secondary N) is 1. The summed E-state index contributed by atoms with van der Waals surface area (Å²) in [5.41, 5.74) is 11.6. The van der Waals surface area contributed by atoms with Crippen molar-refractivity contribution >= 4 is 17.4 Å². The minimum absolute atomic E-state index is 0.254. The van der Waals surface area contributed by atoms with Gasteiger partial charge in [-0.1, -0.05) is 0 Å². The van der Waals surface area contributed by atoms with E-state index in [4.69, 9.17) is 16.2 Å². The van der Waals surface area contributed by atoms with Crippen LogP contribution in [-0.4, -0.2) is 29.6 Å². The predicted octanol–water partition coefficient (Wildman–Crippen LogP) is 0.742. The summed E-state index contributed by atoms with van der Waals surface area (Å²) in [5, 5.41) is 3.34. The van der Waals surface area contributed by atoms with Crippen LogP contribution in [0.4, 0.5) is 11.5 Å². The van der Waals surface area contributed by atoms with E-state index < -0.39 is 5.91 Å². The largest absolute Gasteiger partial charge is 0.397 e. The summed E-state index contributed by atoms with van der Waals surface area (Å²) >= 11 is 0. The molecule has 102 valence electrons. The SMILES string of the molecule is NC(=O)c1cc(NC2CCOC2C2CC2)ncc1N. The normalized spacial score (nSPS) is 26.3. The van der Waals surface area contributed by atoms with Crippen molar-refractivity contribution in [2.45, 2.75) is 31.4 Å². The third-order valence-electron chi connectivity index (χ3n) is 3.76. The molecule has 2 aliphatic rings. The molecule has 2 fully saturated rings. The smallest absolute Gasteiger partial charge is 0.250 e. The van der Waals surface area contributed by atoms with Crippen LogP contribution < -0.4 is 16.8 Å². The third-order valence-corrected chi connectivity index (χ3v) is 3.76. The van der Waals surface area contributed by atoms with Gasteiger partial charge in [-0.15, -0.1) is 0 Å². The number of nitrogens with two attached hydrogens (primary N) is 2. The fourth-order valence-corrected chi connectivity index (χ4v) is 2.60. The van der Waals surface area contributed by atoms with E-state index >= 15 is 0 Å². The number of pyridine rings is 1. The molecule has 0 radical (unpaired) electrons. The number of hydrogen-bond acceptors (Lipinski definition) is 5. The van der Waals surface area contributed by atoms with Crippen molar-refractivity contribution in [3.05, 3.63) is 17.8 Å². The molecule has 1 aliphatic heterocycles. The molecule has 2 atom stereocenters. The number of carbonyl (C=O) groups excluding carboxylic acids is 1. The Hall–Kier alpha value is -1.82. The van der Waals surface area contributed by atoms with Crippen LogP contribution in [0.2, 0.25) is 0 Å². The Morgan fingerprint density at radius 3 is 2.89 bits per heavy atom. The molecule has 0 spiro atoms. The Morgan fingerprint density at radius 2 is 2.21 bits per heavy atom. The summed E-state index contributed by atoms with van der Waals surface area (Å²) in [6.07, 6.45) is 5.16. The van der Waals surface area contributed by atoms with Gasteiger partial charge in [0.25, 0.3) is 5.91 Å².